The molecule has 0 fully saturated rings. The highest BCUT2D eigenvalue weighted by Crippen LogP contribution is 2.33. The van der Waals surface area contributed by atoms with Crippen LogP contribution in [0.5, 0.6) is 0 Å². The standard InChI is InChI=1S/C22H15N9/c23-9-12-3-1-5-15(19(12)24)17-7-14-8-18(16-6-2-4-13-10-27-30-20(13)16)29-22-26-11-25-21(28-17)31(14)22/h1-11,23H,24H2,(H,27,30). The lowest BCUT2D eigenvalue weighted by atomic mass is 10.0. The molecule has 0 saturated heterocycles. The summed E-state index contributed by atoms with van der Waals surface area (Å²) < 4.78 is 0. The van der Waals surface area contributed by atoms with Crippen molar-refractivity contribution in [2.75, 3.05) is 5.73 Å². The highest BCUT2D eigenvalue weighted by atomic mass is 15.4. The average Bonchev–Trinajstić information content (AvgIpc) is 3.28. The van der Waals surface area contributed by atoms with Crippen molar-refractivity contribution in [2.24, 2.45) is 20.0 Å². The van der Waals surface area contributed by atoms with Crippen LogP contribution >= 0.6 is 0 Å². The van der Waals surface area contributed by atoms with Crippen molar-refractivity contribution in [3.8, 4) is 0 Å². The Morgan fingerprint density at radius 1 is 1.00 bits per heavy atom. The Labute approximate surface area is 176 Å². The Morgan fingerprint density at radius 3 is 2.77 bits per heavy atom. The average molecular weight is 405 g/mol. The number of anilines is 1. The van der Waals surface area contributed by atoms with Crippen molar-refractivity contribution in [1.29, 1.82) is 5.41 Å². The van der Waals surface area contributed by atoms with E-state index < -0.39 is 0 Å². The lowest BCUT2D eigenvalue weighted by molar-refractivity contribution is 0.738. The summed E-state index contributed by atoms with van der Waals surface area (Å²) in [5.41, 5.74) is 12.3. The molecule has 0 saturated carbocycles. The fourth-order valence-corrected chi connectivity index (χ4v) is 3.85. The number of hydrogen-bond acceptors (Lipinski definition) is 8. The molecule has 31 heavy (non-hydrogen) atoms. The van der Waals surface area contributed by atoms with Crippen molar-refractivity contribution in [3.63, 3.8) is 0 Å². The molecule has 0 bridgehead atoms. The number of aromatic amines is 1. The molecular weight excluding hydrogens is 390 g/mol. The van der Waals surface area contributed by atoms with Gasteiger partial charge in [-0.15, -0.1) is 0 Å². The smallest absolute Gasteiger partial charge is 0.239 e. The SMILES string of the molecule is N=Cc1cccc(C2=CC3=CC(c4cccc5cn[nH]c45)=NC4=NC=NC(=N2)N34)c1N. The zero-order valence-corrected chi connectivity index (χ0v) is 16.1. The Balaban J connectivity index is 1.54. The van der Waals surface area contributed by atoms with Crippen molar-refractivity contribution >= 4 is 52.5 Å². The summed E-state index contributed by atoms with van der Waals surface area (Å²) >= 11 is 0. The Morgan fingerprint density at radius 2 is 1.87 bits per heavy atom. The van der Waals surface area contributed by atoms with Crippen LogP contribution in [0.15, 0.2) is 80.4 Å². The quantitative estimate of drug-likeness (QED) is 0.457. The molecule has 148 valence electrons. The number of hydrogen-bond donors (Lipinski definition) is 3. The van der Waals surface area contributed by atoms with Crippen LogP contribution in [0.4, 0.5) is 5.69 Å². The lowest BCUT2D eigenvalue weighted by Crippen LogP contribution is -2.40. The third-order valence-electron chi connectivity index (χ3n) is 5.34. The van der Waals surface area contributed by atoms with E-state index in [-0.39, 0.29) is 0 Å². The number of benzene rings is 2. The molecule has 3 aromatic rings. The number of para-hydroxylation sites is 2. The highest BCUT2D eigenvalue weighted by Gasteiger charge is 2.31. The summed E-state index contributed by atoms with van der Waals surface area (Å²) in [6, 6.07) is 11.5. The largest absolute Gasteiger partial charge is 0.398 e. The molecule has 0 aliphatic carbocycles. The van der Waals surface area contributed by atoms with Crippen LogP contribution in [0.3, 0.4) is 0 Å². The number of H-pyrrole nitrogens is 1. The number of allylic oxidation sites excluding steroid dienone is 2. The monoisotopic (exact) mass is 405 g/mol. The highest BCUT2D eigenvalue weighted by molar-refractivity contribution is 6.25. The molecule has 4 N–H and O–H groups in total. The summed E-state index contributed by atoms with van der Waals surface area (Å²) in [7, 11) is 0. The van der Waals surface area contributed by atoms with E-state index in [9.17, 15) is 0 Å². The maximum absolute atomic E-state index is 7.58. The van der Waals surface area contributed by atoms with Crippen LogP contribution in [-0.4, -0.2) is 45.3 Å². The van der Waals surface area contributed by atoms with Crippen LogP contribution in [0.1, 0.15) is 16.7 Å². The molecule has 4 heterocycles. The third kappa shape index (κ3) is 2.57. The van der Waals surface area contributed by atoms with E-state index in [4.69, 9.17) is 16.1 Å². The predicted octanol–water partition coefficient (Wildman–Crippen LogP) is 2.94. The number of fused-ring (bicyclic) bond motifs is 1. The van der Waals surface area contributed by atoms with E-state index >= 15 is 0 Å². The fraction of sp³-hybridized carbons (Fsp3) is 0. The van der Waals surface area contributed by atoms with Gasteiger partial charge >= 0.3 is 0 Å². The first kappa shape index (κ1) is 17.2. The van der Waals surface area contributed by atoms with Gasteiger partial charge in [0.1, 0.15) is 6.34 Å². The first-order valence-electron chi connectivity index (χ1n) is 9.56. The Hall–Kier alpha value is -4.66. The molecule has 0 atom stereocenters. The summed E-state index contributed by atoms with van der Waals surface area (Å²) in [6.07, 6.45) is 8.38. The number of aromatic nitrogens is 2. The summed E-state index contributed by atoms with van der Waals surface area (Å²) in [4.78, 5) is 19.9. The fourth-order valence-electron chi connectivity index (χ4n) is 3.85. The van der Waals surface area contributed by atoms with Crippen LogP contribution in [-0.2, 0) is 0 Å². The lowest BCUT2D eigenvalue weighted by Gasteiger charge is -2.31. The van der Waals surface area contributed by atoms with Crippen LogP contribution < -0.4 is 5.73 Å². The van der Waals surface area contributed by atoms with Crippen LogP contribution in [0, 0.1) is 5.41 Å². The number of aliphatic imine (C=N–C) groups is 4. The van der Waals surface area contributed by atoms with Gasteiger partial charge in [0, 0.05) is 34.0 Å². The minimum absolute atomic E-state index is 0.468. The van der Waals surface area contributed by atoms with Crippen LogP contribution in [0.25, 0.3) is 16.6 Å². The molecule has 1 aromatic heterocycles. The van der Waals surface area contributed by atoms with Gasteiger partial charge in [0.2, 0.25) is 11.9 Å². The van der Waals surface area contributed by atoms with Gasteiger partial charge in [-0.1, -0.05) is 36.4 Å². The first-order chi connectivity index (χ1) is 15.2. The van der Waals surface area contributed by atoms with E-state index in [1.54, 1.807) is 17.2 Å². The summed E-state index contributed by atoms with van der Waals surface area (Å²) in [5, 5.41) is 15.8. The second-order valence-corrected chi connectivity index (χ2v) is 7.11. The maximum atomic E-state index is 7.58. The molecule has 9 nitrogen and oxygen atoms in total. The van der Waals surface area contributed by atoms with Crippen molar-refractivity contribution in [1.82, 2.24) is 15.1 Å². The molecule has 6 rings (SSSR count). The molecule has 9 heteroatoms. The summed E-state index contributed by atoms with van der Waals surface area (Å²) in [5.74, 6) is 0.963. The molecule has 2 aromatic carbocycles. The predicted molar refractivity (Wildman–Crippen MR) is 123 cm³/mol. The van der Waals surface area contributed by atoms with Gasteiger partial charge in [-0.2, -0.15) is 5.10 Å². The topological polar surface area (TPSA) is 131 Å². The molecule has 0 unspecified atom stereocenters. The maximum Gasteiger partial charge on any atom is 0.239 e. The zero-order valence-electron chi connectivity index (χ0n) is 16.1. The van der Waals surface area contributed by atoms with Crippen molar-refractivity contribution in [2.45, 2.75) is 0 Å². The van der Waals surface area contributed by atoms with Gasteiger partial charge in [-0.05, 0) is 12.2 Å². The Bertz CT molecular complexity index is 1460. The number of rotatable bonds is 3. The molecule has 3 aliphatic heterocycles. The van der Waals surface area contributed by atoms with Crippen molar-refractivity contribution in [3.05, 3.63) is 77.1 Å². The number of nitrogen functional groups attached to an aromatic ring is 1. The second-order valence-electron chi connectivity index (χ2n) is 7.11. The molecule has 0 spiro atoms. The third-order valence-corrected chi connectivity index (χ3v) is 5.34. The molecule has 3 aliphatic rings. The zero-order chi connectivity index (χ0) is 20.9. The number of nitrogens with one attached hydrogen (secondary N) is 2. The van der Waals surface area contributed by atoms with Gasteiger partial charge in [0.15, 0.2) is 0 Å². The minimum Gasteiger partial charge on any atom is -0.398 e. The van der Waals surface area contributed by atoms with E-state index in [1.807, 2.05) is 42.5 Å². The second kappa shape index (κ2) is 6.42. The van der Waals surface area contributed by atoms with Gasteiger partial charge in [0.05, 0.1) is 28.8 Å². The normalized spacial score (nSPS) is 16.8. The summed E-state index contributed by atoms with van der Waals surface area (Å²) in [6.45, 7) is 0. The van der Waals surface area contributed by atoms with E-state index in [0.29, 0.717) is 28.9 Å². The van der Waals surface area contributed by atoms with Gasteiger partial charge < -0.3 is 11.1 Å². The van der Waals surface area contributed by atoms with Crippen molar-refractivity contribution < 1.29 is 0 Å². The van der Waals surface area contributed by atoms with E-state index in [1.165, 1.54) is 12.6 Å². The van der Waals surface area contributed by atoms with E-state index in [2.05, 4.69) is 25.2 Å². The van der Waals surface area contributed by atoms with Gasteiger partial charge in [-0.25, -0.2) is 24.9 Å². The number of guanidine groups is 2. The van der Waals surface area contributed by atoms with E-state index in [0.717, 1.165) is 33.4 Å². The molecule has 0 amide bonds. The molecule has 0 radical (unpaired) electrons. The Kier molecular flexibility index (Phi) is 3.57. The number of nitrogens with two attached hydrogens (primary N) is 1. The first-order valence-corrected chi connectivity index (χ1v) is 9.56. The van der Waals surface area contributed by atoms with Gasteiger partial charge in [-0.3, -0.25) is 5.10 Å². The minimum atomic E-state index is 0.468. The van der Waals surface area contributed by atoms with Gasteiger partial charge in [0.25, 0.3) is 0 Å². The van der Waals surface area contributed by atoms with Crippen LogP contribution in [0.2, 0.25) is 0 Å². The number of nitrogens with zero attached hydrogens (tertiary/aromatic N) is 6. The molecular formula is C22H15N9.